The molecule has 0 radical (unpaired) electrons. The van der Waals surface area contributed by atoms with Gasteiger partial charge in [-0.25, -0.2) is 4.39 Å². The van der Waals surface area contributed by atoms with Crippen LogP contribution in [-0.2, 0) is 19.1 Å². The first-order valence-corrected chi connectivity index (χ1v) is 9.86. The molecule has 1 amide bonds. The molecule has 1 aromatic rings. The van der Waals surface area contributed by atoms with Crippen molar-refractivity contribution in [3.8, 4) is 0 Å². The maximum Gasteiger partial charge on any atom is 0.264 e. The molecule has 3 aliphatic rings. The van der Waals surface area contributed by atoms with Crippen LogP contribution in [0.1, 0.15) is 18.4 Å². The lowest BCUT2D eigenvalue weighted by atomic mass is 9.96. The van der Waals surface area contributed by atoms with Crippen molar-refractivity contribution in [2.45, 2.75) is 25.0 Å². The topological polar surface area (TPSA) is 72.4 Å². The van der Waals surface area contributed by atoms with E-state index in [4.69, 9.17) is 14.3 Å². The van der Waals surface area contributed by atoms with Crippen molar-refractivity contribution in [1.82, 2.24) is 10.2 Å². The zero-order valence-corrected chi connectivity index (χ0v) is 15.8. The van der Waals surface area contributed by atoms with E-state index in [2.05, 4.69) is 15.4 Å². The normalized spacial score (nSPS) is 26.5. The van der Waals surface area contributed by atoms with Crippen LogP contribution in [0.15, 0.2) is 29.4 Å². The maximum absolute atomic E-state index is 13.4. The van der Waals surface area contributed by atoms with Gasteiger partial charge >= 0.3 is 0 Å². The lowest BCUT2D eigenvalue weighted by Crippen LogP contribution is -2.53. The van der Waals surface area contributed by atoms with Gasteiger partial charge in [0.05, 0.1) is 25.5 Å². The Labute approximate surface area is 163 Å². The number of rotatable bonds is 6. The molecular weight excluding hydrogens is 365 g/mol. The van der Waals surface area contributed by atoms with Crippen LogP contribution in [0, 0.1) is 11.7 Å². The minimum atomic E-state index is -0.677. The van der Waals surface area contributed by atoms with E-state index in [0.717, 1.165) is 32.7 Å². The number of halogens is 1. The van der Waals surface area contributed by atoms with Crippen LogP contribution >= 0.6 is 0 Å². The Bertz CT molecular complexity index is 717. The second-order valence-electron chi connectivity index (χ2n) is 7.43. The molecule has 2 saturated heterocycles. The quantitative estimate of drug-likeness (QED) is 0.788. The van der Waals surface area contributed by atoms with E-state index in [-0.39, 0.29) is 17.8 Å². The first-order valence-electron chi connectivity index (χ1n) is 9.86. The molecule has 1 N–H and O–H groups in total. The summed E-state index contributed by atoms with van der Waals surface area (Å²) in [4.78, 5) is 20.3. The number of hydrogen-bond acceptors (Lipinski definition) is 6. The first-order chi connectivity index (χ1) is 13.7. The summed E-state index contributed by atoms with van der Waals surface area (Å²) in [5, 5.41) is 7.02. The Morgan fingerprint density at radius 1 is 1.29 bits per heavy atom. The summed E-state index contributed by atoms with van der Waals surface area (Å²) >= 11 is 0. The minimum absolute atomic E-state index is 0.188. The average Bonchev–Trinajstić information content (AvgIpc) is 3.41. The van der Waals surface area contributed by atoms with Crippen LogP contribution in [0.25, 0.3) is 0 Å². The van der Waals surface area contributed by atoms with Gasteiger partial charge in [0.15, 0.2) is 0 Å². The highest BCUT2D eigenvalue weighted by Crippen LogP contribution is 2.22. The smallest absolute Gasteiger partial charge is 0.264 e. The van der Waals surface area contributed by atoms with Crippen LogP contribution in [0.4, 0.5) is 4.39 Å². The lowest BCUT2D eigenvalue weighted by molar-refractivity contribution is -0.131. The van der Waals surface area contributed by atoms with E-state index >= 15 is 0 Å². The van der Waals surface area contributed by atoms with E-state index in [0.29, 0.717) is 43.4 Å². The molecular formula is C20H26FN3O4. The Hall–Kier alpha value is -2.03. The predicted octanol–water partition coefficient (Wildman–Crippen LogP) is 1.17. The van der Waals surface area contributed by atoms with Gasteiger partial charge < -0.3 is 19.6 Å². The van der Waals surface area contributed by atoms with Gasteiger partial charge in [0, 0.05) is 50.2 Å². The van der Waals surface area contributed by atoms with Gasteiger partial charge in [0.1, 0.15) is 5.82 Å². The number of nitrogens with one attached hydrogen (secondary N) is 1. The summed E-state index contributed by atoms with van der Waals surface area (Å²) in [6.45, 7) is 5.21. The number of carbonyl (C=O) groups excluding carboxylic acids is 1. The minimum Gasteiger partial charge on any atom is -0.382 e. The second-order valence-corrected chi connectivity index (χ2v) is 7.43. The van der Waals surface area contributed by atoms with Crippen molar-refractivity contribution in [1.29, 1.82) is 0 Å². The van der Waals surface area contributed by atoms with Gasteiger partial charge in [0.25, 0.3) is 5.91 Å². The second kappa shape index (κ2) is 8.98. The average molecular weight is 391 g/mol. The number of carbonyl (C=O) groups is 1. The molecule has 3 heterocycles. The largest absolute Gasteiger partial charge is 0.382 e. The highest BCUT2D eigenvalue weighted by atomic mass is 19.1. The van der Waals surface area contributed by atoms with Crippen molar-refractivity contribution < 1.29 is 23.5 Å². The number of morpholine rings is 1. The molecule has 7 nitrogen and oxygen atoms in total. The monoisotopic (exact) mass is 391 g/mol. The molecule has 8 heteroatoms. The van der Waals surface area contributed by atoms with Crippen molar-refractivity contribution in [2.24, 2.45) is 11.1 Å². The third kappa shape index (κ3) is 4.51. The molecule has 1 aromatic carbocycles. The lowest BCUT2D eigenvalue weighted by Gasteiger charge is -2.37. The van der Waals surface area contributed by atoms with E-state index in [1.165, 1.54) is 12.1 Å². The molecule has 3 aliphatic heterocycles. The van der Waals surface area contributed by atoms with Gasteiger partial charge in [-0.05, 0) is 18.6 Å². The highest BCUT2D eigenvalue weighted by molar-refractivity contribution is 6.04. The fourth-order valence-electron chi connectivity index (χ4n) is 4.03. The molecule has 0 saturated carbocycles. The number of oxime groups is 1. The number of hydrogen-bond donors (Lipinski definition) is 1. The Balaban J connectivity index is 1.32. The molecule has 4 rings (SSSR count). The van der Waals surface area contributed by atoms with Crippen LogP contribution < -0.4 is 5.32 Å². The Kier molecular flexibility index (Phi) is 6.19. The molecule has 0 spiro atoms. The zero-order chi connectivity index (χ0) is 19.3. The molecule has 0 aliphatic carbocycles. The SMILES string of the molecule is O=C(NCC(C1CCOC1)N1CCOCC1)C1CC(c2cccc(F)c2)=NO1. The van der Waals surface area contributed by atoms with Crippen molar-refractivity contribution >= 4 is 11.6 Å². The summed E-state index contributed by atoms with van der Waals surface area (Å²) in [5.41, 5.74) is 1.23. The van der Waals surface area contributed by atoms with E-state index in [9.17, 15) is 9.18 Å². The Morgan fingerprint density at radius 2 is 2.14 bits per heavy atom. The highest BCUT2D eigenvalue weighted by Gasteiger charge is 2.34. The van der Waals surface area contributed by atoms with Gasteiger partial charge in [-0.2, -0.15) is 0 Å². The summed E-state index contributed by atoms with van der Waals surface area (Å²) in [7, 11) is 0. The fraction of sp³-hybridized carbons (Fsp3) is 0.600. The van der Waals surface area contributed by atoms with Crippen molar-refractivity contribution in [2.75, 3.05) is 46.1 Å². The van der Waals surface area contributed by atoms with Gasteiger partial charge in [-0.1, -0.05) is 17.3 Å². The van der Waals surface area contributed by atoms with Gasteiger partial charge in [0.2, 0.25) is 6.10 Å². The van der Waals surface area contributed by atoms with Gasteiger partial charge in [-0.3, -0.25) is 9.69 Å². The Morgan fingerprint density at radius 3 is 2.89 bits per heavy atom. The third-order valence-electron chi connectivity index (χ3n) is 5.63. The van der Waals surface area contributed by atoms with Crippen molar-refractivity contribution in [3.05, 3.63) is 35.6 Å². The molecule has 3 atom stereocenters. The molecule has 2 fully saturated rings. The van der Waals surface area contributed by atoms with Crippen LogP contribution in [0.5, 0.6) is 0 Å². The first kappa shape index (κ1) is 19.3. The van der Waals surface area contributed by atoms with Crippen molar-refractivity contribution in [3.63, 3.8) is 0 Å². The standard InChI is InChI=1S/C20H26FN3O4/c21-16-3-1-2-14(10-16)17-11-19(28-23-17)20(25)22-12-18(15-4-7-27-13-15)24-5-8-26-9-6-24/h1-3,10,15,18-19H,4-9,11-13H2,(H,22,25). The fourth-order valence-corrected chi connectivity index (χ4v) is 4.03. The number of nitrogens with zero attached hydrogens (tertiary/aromatic N) is 2. The van der Waals surface area contributed by atoms with Crippen LogP contribution in [-0.4, -0.2) is 74.7 Å². The number of ether oxygens (including phenoxy) is 2. The summed E-state index contributed by atoms with van der Waals surface area (Å²) in [6.07, 6.45) is 0.665. The number of amides is 1. The summed E-state index contributed by atoms with van der Waals surface area (Å²) in [5.74, 6) is -0.116. The molecule has 28 heavy (non-hydrogen) atoms. The predicted molar refractivity (Wildman–Crippen MR) is 101 cm³/mol. The molecule has 0 aromatic heterocycles. The van der Waals surface area contributed by atoms with E-state index < -0.39 is 6.10 Å². The van der Waals surface area contributed by atoms with Crippen LogP contribution in [0.3, 0.4) is 0 Å². The van der Waals surface area contributed by atoms with E-state index in [1.54, 1.807) is 12.1 Å². The van der Waals surface area contributed by atoms with E-state index in [1.807, 2.05) is 0 Å². The van der Waals surface area contributed by atoms with Gasteiger partial charge in [-0.15, -0.1) is 0 Å². The molecule has 152 valence electrons. The zero-order valence-electron chi connectivity index (χ0n) is 15.8. The molecule has 3 unspecified atom stereocenters. The van der Waals surface area contributed by atoms with Crippen LogP contribution in [0.2, 0.25) is 0 Å². The molecule has 0 bridgehead atoms. The summed E-state index contributed by atoms with van der Waals surface area (Å²) in [6, 6.07) is 6.39. The summed E-state index contributed by atoms with van der Waals surface area (Å²) < 4.78 is 24.4. The number of benzene rings is 1. The third-order valence-corrected chi connectivity index (χ3v) is 5.63. The maximum atomic E-state index is 13.4.